The lowest BCUT2D eigenvalue weighted by Crippen LogP contribution is -2.08. The summed E-state index contributed by atoms with van der Waals surface area (Å²) in [7, 11) is 3.99. The molecule has 0 aromatic heterocycles. The maximum atomic E-state index is 5.55. The molecule has 0 aliphatic rings. The first-order valence-corrected chi connectivity index (χ1v) is 5.31. The summed E-state index contributed by atoms with van der Waals surface area (Å²) in [6.45, 7) is 6.46. The van der Waals surface area contributed by atoms with E-state index in [1.165, 1.54) is 0 Å². The minimum atomic E-state index is 0.566. The van der Waals surface area contributed by atoms with Gasteiger partial charge < -0.3 is 9.64 Å². The number of hydrogen-bond acceptors (Lipinski definition) is 2. The lowest BCUT2D eigenvalue weighted by atomic mass is 10.2. The smallest absolute Gasteiger partial charge is 0.114 e. The average molecular weight is 217 g/mol. The zero-order valence-electron chi connectivity index (χ0n) is 10.2. The van der Waals surface area contributed by atoms with Crippen LogP contribution in [0.1, 0.15) is 12.5 Å². The highest BCUT2D eigenvalue weighted by Crippen LogP contribution is 2.08. The molecule has 0 radical (unpaired) electrons. The summed E-state index contributed by atoms with van der Waals surface area (Å²) in [4.78, 5) is 2.02. The van der Waals surface area contributed by atoms with E-state index in [0.29, 0.717) is 12.4 Å². The van der Waals surface area contributed by atoms with Gasteiger partial charge in [0.25, 0.3) is 0 Å². The van der Waals surface area contributed by atoms with E-state index in [2.05, 4.69) is 6.58 Å². The molecular weight excluding hydrogens is 198 g/mol. The highest BCUT2D eigenvalue weighted by molar-refractivity contribution is 5.16. The summed E-state index contributed by atoms with van der Waals surface area (Å²) in [5.41, 5.74) is 2.28. The van der Waals surface area contributed by atoms with E-state index in [1.807, 2.05) is 62.3 Å². The maximum Gasteiger partial charge on any atom is 0.114 e. The van der Waals surface area contributed by atoms with Gasteiger partial charge in [-0.25, -0.2) is 0 Å². The molecule has 0 amide bonds. The lowest BCUT2D eigenvalue weighted by molar-refractivity contribution is 0.211. The summed E-state index contributed by atoms with van der Waals surface area (Å²) < 4.78 is 5.55. The van der Waals surface area contributed by atoms with Crippen LogP contribution in [0.2, 0.25) is 0 Å². The molecule has 0 bridgehead atoms. The van der Waals surface area contributed by atoms with Gasteiger partial charge in [-0.05, 0) is 18.6 Å². The highest BCUT2D eigenvalue weighted by Gasteiger charge is 1.96. The van der Waals surface area contributed by atoms with Gasteiger partial charge in [0.05, 0.1) is 0 Å². The predicted octanol–water partition coefficient (Wildman–Crippen LogP) is 3.18. The molecule has 86 valence electrons. The van der Waals surface area contributed by atoms with Crippen molar-refractivity contribution in [3.8, 4) is 0 Å². The van der Waals surface area contributed by atoms with Gasteiger partial charge >= 0.3 is 0 Å². The van der Waals surface area contributed by atoms with Crippen LogP contribution in [0.3, 0.4) is 0 Å². The van der Waals surface area contributed by atoms with E-state index < -0.39 is 0 Å². The van der Waals surface area contributed by atoms with Crippen LogP contribution in [-0.4, -0.2) is 19.0 Å². The van der Waals surface area contributed by atoms with E-state index in [1.54, 1.807) is 0 Å². The monoisotopic (exact) mass is 217 g/mol. The Kier molecular flexibility index (Phi) is 4.65. The number of allylic oxidation sites excluding steroid dienone is 2. The molecule has 0 atom stereocenters. The van der Waals surface area contributed by atoms with Crippen LogP contribution in [0.25, 0.3) is 0 Å². The van der Waals surface area contributed by atoms with E-state index in [4.69, 9.17) is 4.74 Å². The lowest BCUT2D eigenvalue weighted by Gasteiger charge is -2.13. The van der Waals surface area contributed by atoms with Crippen LogP contribution in [0.5, 0.6) is 0 Å². The molecule has 16 heavy (non-hydrogen) atoms. The van der Waals surface area contributed by atoms with Crippen LogP contribution in [-0.2, 0) is 11.3 Å². The summed E-state index contributed by atoms with van der Waals surface area (Å²) in [6, 6.07) is 10.1. The average Bonchev–Trinajstić information content (AvgIpc) is 2.27. The Labute approximate surface area is 97.8 Å². The summed E-state index contributed by atoms with van der Waals surface area (Å²) >= 11 is 0. The van der Waals surface area contributed by atoms with Gasteiger partial charge in [-0.15, -0.1) is 0 Å². The Morgan fingerprint density at radius 3 is 2.50 bits per heavy atom. The highest BCUT2D eigenvalue weighted by atomic mass is 16.5. The summed E-state index contributed by atoms with van der Waals surface area (Å²) in [6.07, 6.45) is 1.93. The fourth-order valence-electron chi connectivity index (χ4n) is 1.15. The number of nitrogens with zero attached hydrogens (tertiary/aromatic N) is 1. The van der Waals surface area contributed by atoms with Crippen LogP contribution in [0, 0.1) is 0 Å². The fourth-order valence-corrected chi connectivity index (χ4v) is 1.15. The second kappa shape index (κ2) is 6.01. The van der Waals surface area contributed by atoms with Crippen molar-refractivity contribution >= 4 is 0 Å². The van der Waals surface area contributed by atoms with E-state index in [0.717, 1.165) is 11.3 Å². The fraction of sp³-hybridized carbons (Fsp3) is 0.286. The van der Waals surface area contributed by atoms with Crippen molar-refractivity contribution in [2.45, 2.75) is 13.5 Å². The third-order valence-corrected chi connectivity index (χ3v) is 2.34. The van der Waals surface area contributed by atoms with Crippen molar-refractivity contribution in [2.24, 2.45) is 0 Å². The van der Waals surface area contributed by atoms with Crippen LogP contribution in [0.15, 0.2) is 54.4 Å². The molecule has 1 aromatic rings. The van der Waals surface area contributed by atoms with Crippen LogP contribution < -0.4 is 0 Å². The van der Waals surface area contributed by atoms with E-state index >= 15 is 0 Å². The van der Waals surface area contributed by atoms with Crippen molar-refractivity contribution in [1.29, 1.82) is 0 Å². The largest absolute Gasteiger partial charge is 0.489 e. The Bertz CT molecular complexity index is 366. The topological polar surface area (TPSA) is 12.5 Å². The first kappa shape index (κ1) is 12.4. The zero-order valence-corrected chi connectivity index (χ0v) is 10.2. The van der Waals surface area contributed by atoms with E-state index in [-0.39, 0.29) is 0 Å². The SMILES string of the molecule is C=C(/C=C(/C)N(C)C)OCc1ccccc1. The summed E-state index contributed by atoms with van der Waals surface area (Å²) in [5.74, 6) is 0.690. The molecule has 2 nitrogen and oxygen atoms in total. The molecule has 0 unspecified atom stereocenters. The first-order valence-electron chi connectivity index (χ1n) is 5.31. The Morgan fingerprint density at radius 1 is 1.31 bits per heavy atom. The van der Waals surface area contributed by atoms with E-state index in [9.17, 15) is 0 Å². The molecule has 1 rings (SSSR count). The van der Waals surface area contributed by atoms with Gasteiger partial charge in [0, 0.05) is 19.8 Å². The Morgan fingerprint density at radius 2 is 1.94 bits per heavy atom. The molecule has 0 aliphatic heterocycles. The molecule has 0 fully saturated rings. The number of benzene rings is 1. The molecule has 0 spiro atoms. The van der Waals surface area contributed by atoms with Crippen molar-refractivity contribution in [3.05, 3.63) is 60.0 Å². The second-order valence-corrected chi connectivity index (χ2v) is 3.92. The normalized spacial score (nSPS) is 11.1. The quantitative estimate of drug-likeness (QED) is 0.555. The molecule has 0 aliphatic carbocycles. The predicted molar refractivity (Wildman–Crippen MR) is 67.8 cm³/mol. The van der Waals surface area contributed by atoms with Gasteiger partial charge in [-0.3, -0.25) is 0 Å². The third kappa shape index (κ3) is 4.22. The summed E-state index contributed by atoms with van der Waals surface area (Å²) in [5, 5.41) is 0. The molecule has 0 N–H and O–H groups in total. The van der Waals surface area contributed by atoms with Crippen LogP contribution >= 0.6 is 0 Å². The second-order valence-electron chi connectivity index (χ2n) is 3.92. The van der Waals surface area contributed by atoms with Gasteiger partial charge in [0.2, 0.25) is 0 Å². The molecule has 1 aromatic carbocycles. The molecule has 0 saturated heterocycles. The minimum absolute atomic E-state index is 0.566. The molecular formula is C14H19NO. The molecule has 0 saturated carbocycles. The molecule has 0 heterocycles. The number of ether oxygens (including phenoxy) is 1. The van der Waals surface area contributed by atoms with Gasteiger partial charge in [-0.2, -0.15) is 0 Å². The number of rotatable bonds is 5. The standard InChI is InChI=1S/C14H19NO/c1-12(15(3)4)10-13(2)16-11-14-8-6-5-7-9-14/h5-10H,2,11H2,1,3-4H3/b12-10-. The molecule has 2 heteroatoms. The van der Waals surface area contributed by atoms with Crippen molar-refractivity contribution in [3.63, 3.8) is 0 Å². The third-order valence-electron chi connectivity index (χ3n) is 2.34. The van der Waals surface area contributed by atoms with Crippen molar-refractivity contribution in [2.75, 3.05) is 14.1 Å². The first-order chi connectivity index (χ1) is 7.59. The Balaban J connectivity index is 2.45. The minimum Gasteiger partial charge on any atom is -0.489 e. The maximum absolute atomic E-state index is 5.55. The van der Waals surface area contributed by atoms with Crippen LogP contribution in [0.4, 0.5) is 0 Å². The zero-order chi connectivity index (χ0) is 12.0. The number of hydrogen-bond donors (Lipinski definition) is 0. The Hall–Kier alpha value is -1.70. The van der Waals surface area contributed by atoms with Gasteiger partial charge in [0.15, 0.2) is 0 Å². The van der Waals surface area contributed by atoms with Crippen molar-refractivity contribution < 1.29 is 4.74 Å². The van der Waals surface area contributed by atoms with Gasteiger partial charge in [0.1, 0.15) is 12.4 Å². The van der Waals surface area contributed by atoms with Gasteiger partial charge in [-0.1, -0.05) is 36.9 Å². The van der Waals surface area contributed by atoms with Crippen molar-refractivity contribution in [1.82, 2.24) is 4.90 Å².